The standard InChI is InChI=1S/C22H22N2O2S/c1-2-18(17-11-7-4-8-12-17)21(26)24-22-19(13-14-27-22)20(25)23-15-16-9-5-3-6-10-16/h3-14,18H,2,15H2,1H3,(H,23,25)(H,24,26). The van der Waals surface area contributed by atoms with Gasteiger partial charge in [-0.2, -0.15) is 0 Å². The van der Waals surface area contributed by atoms with Crippen molar-refractivity contribution in [2.24, 2.45) is 0 Å². The molecule has 1 aromatic heterocycles. The van der Waals surface area contributed by atoms with E-state index >= 15 is 0 Å². The first kappa shape index (κ1) is 18.9. The Morgan fingerprint density at radius 1 is 0.963 bits per heavy atom. The summed E-state index contributed by atoms with van der Waals surface area (Å²) in [6.07, 6.45) is 0.691. The highest BCUT2D eigenvalue weighted by atomic mass is 32.1. The highest BCUT2D eigenvalue weighted by molar-refractivity contribution is 7.14. The molecule has 2 N–H and O–H groups in total. The summed E-state index contributed by atoms with van der Waals surface area (Å²) in [4.78, 5) is 25.3. The first-order valence-corrected chi connectivity index (χ1v) is 9.82. The van der Waals surface area contributed by atoms with Crippen LogP contribution in [0.15, 0.2) is 72.1 Å². The summed E-state index contributed by atoms with van der Waals surface area (Å²) in [5.41, 5.74) is 2.50. The summed E-state index contributed by atoms with van der Waals surface area (Å²) in [6.45, 7) is 2.43. The zero-order valence-corrected chi connectivity index (χ0v) is 16.0. The van der Waals surface area contributed by atoms with Crippen molar-refractivity contribution in [1.29, 1.82) is 0 Å². The zero-order valence-electron chi connectivity index (χ0n) is 15.1. The Labute approximate surface area is 163 Å². The third-order valence-electron chi connectivity index (χ3n) is 4.37. The van der Waals surface area contributed by atoms with Gasteiger partial charge in [0.2, 0.25) is 5.91 Å². The van der Waals surface area contributed by atoms with Gasteiger partial charge in [0.05, 0.1) is 11.5 Å². The summed E-state index contributed by atoms with van der Waals surface area (Å²) in [5, 5.41) is 8.24. The molecule has 2 amide bonds. The van der Waals surface area contributed by atoms with Gasteiger partial charge in [-0.15, -0.1) is 11.3 Å². The molecule has 0 fully saturated rings. The largest absolute Gasteiger partial charge is 0.348 e. The normalized spacial score (nSPS) is 11.6. The Morgan fingerprint density at radius 2 is 1.63 bits per heavy atom. The summed E-state index contributed by atoms with van der Waals surface area (Å²) in [7, 11) is 0. The third kappa shape index (κ3) is 4.83. The number of amides is 2. The highest BCUT2D eigenvalue weighted by Gasteiger charge is 2.21. The first-order valence-electron chi connectivity index (χ1n) is 8.94. The summed E-state index contributed by atoms with van der Waals surface area (Å²) in [5.74, 6) is -0.528. The lowest BCUT2D eigenvalue weighted by molar-refractivity contribution is -0.117. The van der Waals surface area contributed by atoms with Crippen LogP contribution in [0.5, 0.6) is 0 Å². The van der Waals surface area contributed by atoms with Crippen LogP contribution in [0.25, 0.3) is 0 Å². The molecule has 0 spiro atoms. The van der Waals surface area contributed by atoms with E-state index in [-0.39, 0.29) is 17.7 Å². The molecule has 3 rings (SSSR count). The maximum Gasteiger partial charge on any atom is 0.254 e. The molecule has 2 aromatic carbocycles. The van der Waals surface area contributed by atoms with Gasteiger partial charge in [0.15, 0.2) is 0 Å². The van der Waals surface area contributed by atoms with Crippen LogP contribution < -0.4 is 10.6 Å². The number of nitrogens with one attached hydrogen (secondary N) is 2. The molecule has 0 bridgehead atoms. The number of benzene rings is 2. The average molecular weight is 378 g/mol. The molecule has 1 atom stereocenters. The van der Waals surface area contributed by atoms with E-state index in [1.165, 1.54) is 11.3 Å². The van der Waals surface area contributed by atoms with E-state index < -0.39 is 0 Å². The Bertz CT molecular complexity index is 891. The van der Waals surface area contributed by atoms with Gasteiger partial charge in [0.25, 0.3) is 5.91 Å². The van der Waals surface area contributed by atoms with E-state index in [4.69, 9.17) is 0 Å². The molecule has 0 aliphatic carbocycles. The Morgan fingerprint density at radius 3 is 2.30 bits per heavy atom. The second kappa shape index (κ2) is 9.14. The van der Waals surface area contributed by atoms with E-state index in [0.29, 0.717) is 23.5 Å². The van der Waals surface area contributed by atoms with Crippen LogP contribution in [-0.4, -0.2) is 11.8 Å². The molecule has 0 aliphatic rings. The SMILES string of the molecule is CCC(C(=O)Nc1sccc1C(=O)NCc1ccccc1)c1ccccc1. The van der Waals surface area contributed by atoms with Gasteiger partial charge < -0.3 is 10.6 Å². The zero-order chi connectivity index (χ0) is 19.1. The molecule has 3 aromatic rings. The van der Waals surface area contributed by atoms with E-state index in [2.05, 4.69) is 10.6 Å². The van der Waals surface area contributed by atoms with Crippen LogP contribution in [0.2, 0.25) is 0 Å². The molecule has 0 aliphatic heterocycles. The Kier molecular flexibility index (Phi) is 6.39. The maximum atomic E-state index is 12.8. The van der Waals surface area contributed by atoms with Crippen molar-refractivity contribution in [2.45, 2.75) is 25.8 Å². The van der Waals surface area contributed by atoms with Crippen molar-refractivity contribution in [2.75, 3.05) is 5.32 Å². The fraction of sp³-hybridized carbons (Fsp3) is 0.182. The van der Waals surface area contributed by atoms with Gasteiger partial charge in [0.1, 0.15) is 5.00 Å². The Hall–Kier alpha value is -2.92. The maximum absolute atomic E-state index is 12.8. The second-order valence-corrected chi connectivity index (χ2v) is 7.11. The van der Waals surface area contributed by atoms with Crippen molar-refractivity contribution in [3.8, 4) is 0 Å². The predicted molar refractivity (Wildman–Crippen MR) is 110 cm³/mol. The summed E-state index contributed by atoms with van der Waals surface area (Å²) < 4.78 is 0. The number of anilines is 1. The van der Waals surface area contributed by atoms with Gasteiger partial charge in [-0.05, 0) is 29.0 Å². The van der Waals surface area contributed by atoms with E-state index in [0.717, 1.165) is 11.1 Å². The monoisotopic (exact) mass is 378 g/mol. The van der Waals surface area contributed by atoms with Crippen molar-refractivity contribution in [3.63, 3.8) is 0 Å². The van der Waals surface area contributed by atoms with E-state index in [9.17, 15) is 9.59 Å². The molecular weight excluding hydrogens is 356 g/mol. The molecular formula is C22H22N2O2S. The third-order valence-corrected chi connectivity index (χ3v) is 5.20. The number of hydrogen-bond acceptors (Lipinski definition) is 3. The van der Waals surface area contributed by atoms with Crippen molar-refractivity contribution >= 4 is 28.2 Å². The lowest BCUT2D eigenvalue weighted by Crippen LogP contribution is -2.25. The number of thiophene rings is 1. The topological polar surface area (TPSA) is 58.2 Å². The molecule has 27 heavy (non-hydrogen) atoms. The minimum atomic E-state index is -0.242. The fourth-order valence-corrected chi connectivity index (χ4v) is 3.70. The predicted octanol–water partition coefficient (Wildman–Crippen LogP) is 4.81. The number of hydrogen-bond donors (Lipinski definition) is 2. The van der Waals surface area contributed by atoms with Crippen LogP contribution in [0.3, 0.4) is 0 Å². The van der Waals surface area contributed by atoms with Gasteiger partial charge >= 0.3 is 0 Å². The molecule has 138 valence electrons. The van der Waals surface area contributed by atoms with E-state index in [1.54, 1.807) is 6.07 Å². The first-order chi connectivity index (χ1) is 13.2. The minimum absolute atomic E-state index is 0.0942. The lowest BCUT2D eigenvalue weighted by atomic mass is 9.96. The van der Waals surface area contributed by atoms with Gasteiger partial charge in [-0.3, -0.25) is 9.59 Å². The molecule has 1 unspecified atom stereocenters. The van der Waals surface area contributed by atoms with Crippen LogP contribution in [0, 0.1) is 0 Å². The number of rotatable bonds is 7. The van der Waals surface area contributed by atoms with Crippen LogP contribution in [0.4, 0.5) is 5.00 Å². The van der Waals surface area contributed by atoms with Crippen molar-refractivity contribution < 1.29 is 9.59 Å². The van der Waals surface area contributed by atoms with E-state index in [1.807, 2.05) is 73.0 Å². The molecule has 0 saturated carbocycles. The summed E-state index contributed by atoms with van der Waals surface area (Å²) >= 11 is 1.36. The molecule has 0 saturated heterocycles. The number of carbonyl (C=O) groups excluding carboxylic acids is 2. The number of carbonyl (C=O) groups is 2. The lowest BCUT2D eigenvalue weighted by Gasteiger charge is -2.15. The highest BCUT2D eigenvalue weighted by Crippen LogP contribution is 2.27. The molecule has 4 nitrogen and oxygen atoms in total. The Balaban J connectivity index is 1.67. The average Bonchev–Trinajstić information content (AvgIpc) is 3.16. The second-order valence-electron chi connectivity index (χ2n) is 6.19. The van der Waals surface area contributed by atoms with Crippen LogP contribution >= 0.6 is 11.3 Å². The van der Waals surface area contributed by atoms with Gasteiger partial charge in [0, 0.05) is 6.54 Å². The van der Waals surface area contributed by atoms with Crippen LogP contribution in [-0.2, 0) is 11.3 Å². The minimum Gasteiger partial charge on any atom is -0.348 e. The van der Waals surface area contributed by atoms with Crippen molar-refractivity contribution in [1.82, 2.24) is 5.32 Å². The van der Waals surface area contributed by atoms with Crippen molar-refractivity contribution in [3.05, 3.63) is 88.8 Å². The quantitative estimate of drug-likeness (QED) is 0.620. The van der Waals surface area contributed by atoms with Gasteiger partial charge in [-0.1, -0.05) is 67.6 Å². The molecule has 0 radical (unpaired) electrons. The summed E-state index contributed by atoms with van der Waals surface area (Å²) in [6, 6.07) is 21.2. The molecule has 5 heteroatoms. The molecule has 1 heterocycles. The van der Waals surface area contributed by atoms with Crippen LogP contribution in [0.1, 0.15) is 40.7 Å². The smallest absolute Gasteiger partial charge is 0.254 e. The fourth-order valence-electron chi connectivity index (χ4n) is 2.92. The van der Waals surface area contributed by atoms with Gasteiger partial charge in [-0.25, -0.2) is 0 Å².